The van der Waals surface area contributed by atoms with Gasteiger partial charge in [0.05, 0.1) is 5.92 Å². The van der Waals surface area contributed by atoms with Crippen LogP contribution in [0.3, 0.4) is 0 Å². The lowest BCUT2D eigenvalue weighted by molar-refractivity contribution is -0.119. The fraction of sp³-hybridized carbons (Fsp3) is 0.304. The second-order valence-corrected chi connectivity index (χ2v) is 8.51. The number of pyridine rings is 1. The van der Waals surface area contributed by atoms with Crippen LogP contribution in [0.1, 0.15) is 43.4 Å². The summed E-state index contributed by atoms with van der Waals surface area (Å²) in [6.45, 7) is 3.69. The number of amides is 1. The molecule has 1 aliphatic carbocycles. The molecule has 0 bridgehead atoms. The number of carbonyl (C=O) groups is 2. The Morgan fingerprint density at radius 3 is 2.67 bits per heavy atom. The highest BCUT2D eigenvalue weighted by Gasteiger charge is 2.43. The Balaban J connectivity index is 1.81. The van der Waals surface area contributed by atoms with Crippen molar-refractivity contribution in [1.29, 1.82) is 0 Å². The van der Waals surface area contributed by atoms with Gasteiger partial charge in [-0.2, -0.15) is 0 Å². The first-order chi connectivity index (χ1) is 14.3. The highest BCUT2D eigenvalue weighted by molar-refractivity contribution is 6.35. The molecule has 1 N–H and O–H groups in total. The summed E-state index contributed by atoms with van der Waals surface area (Å²) in [4.78, 5) is 35.4. The van der Waals surface area contributed by atoms with E-state index in [1.807, 2.05) is 26.0 Å². The highest BCUT2D eigenvalue weighted by atomic mass is 35.5. The lowest BCUT2D eigenvalue weighted by Crippen LogP contribution is -2.39. The molecule has 7 heteroatoms. The molecule has 1 aliphatic heterocycles. The van der Waals surface area contributed by atoms with Crippen molar-refractivity contribution in [3.63, 3.8) is 0 Å². The summed E-state index contributed by atoms with van der Waals surface area (Å²) in [7, 11) is 0. The Labute approximate surface area is 185 Å². The van der Waals surface area contributed by atoms with Gasteiger partial charge in [0.2, 0.25) is 5.91 Å². The number of halogens is 2. The summed E-state index contributed by atoms with van der Waals surface area (Å²) < 4.78 is 0. The summed E-state index contributed by atoms with van der Waals surface area (Å²) in [5, 5.41) is 3.82. The number of carbonyl (C=O) groups excluding carboxylic acids is 2. The minimum atomic E-state index is -0.674. The number of hydrogen-bond acceptors (Lipinski definition) is 4. The minimum Gasteiger partial charge on any atom is -0.310 e. The average molecular weight is 442 g/mol. The van der Waals surface area contributed by atoms with E-state index < -0.39 is 11.8 Å². The van der Waals surface area contributed by atoms with Crippen LogP contribution in [-0.4, -0.2) is 22.4 Å². The molecule has 1 amide bonds. The van der Waals surface area contributed by atoms with E-state index in [0.717, 1.165) is 17.8 Å². The van der Waals surface area contributed by atoms with Crippen molar-refractivity contribution < 1.29 is 9.59 Å². The molecule has 2 atom stereocenters. The molecule has 1 aromatic carbocycles. The van der Waals surface area contributed by atoms with E-state index in [2.05, 4.69) is 15.3 Å². The zero-order chi connectivity index (χ0) is 21.4. The zero-order valence-corrected chi connectivity index (χ0v) is 18.2. The molecule has 0 fully saturated rings. The lowest BCUT2D eigenvalue weighted by Gasteiger charge is -2.35. The molecule has 154 valence electrons. The van der Waals surface area contributed by atoms with Crippen molar-refractivity contribution in [2.45, 2.75) is 39.0 Å². The molecule has 1 aromatic heterocycles. The van der Waals surface area contributed by atoms with Gasteiger partial charge in [0.1, 0.15) is 5.82 Å². The molecule has 2 aliphatic rings. The highest BCUT2D eigenvalue weighted by Crippen LogP contribution is 2.45. The number of aliphatic imine (C=N–C) groups is 1. The standard InChI is InChI=1S/C23H21Cl2N3O2/c1-12-5-3-8-19(26-12)28-23(30)20-13(2)27-17-6-4-7-18(29)22(17)21(20)15-10-9-14(24)11-16(15)25/h3,5,8-11,20-21H,4,6-7H2,1-2H3,(H,26,28,30)/t20?,21-/m0/s1. The van der Waals surface area contributed by atoms with Crippen LogP contribution in [0.15, 0.2) is 52.7 Å². The molecular weight excluding hydrogens is 421 g/mol. The third-order valence-electron chi connectivity index (χ3n) is 5.55. The van der Waals surface area contributed by atoms with E-state index >= 15 is 0 Å². The van der Waals surface area contributed by atoms with Crippen LogP contribution in [0.2, 0.25) is 10.0 Å². The second kappa shape index (κ2) is 8.32. The van der Waals surface area contributed by atoms with E-state index in [1.54, 1.807) is 24.3 Å². The van der Waals surface area contributed by atoms with E-state index in [4.69, 9.17) is 23.2 Å². The maximum Gasteiger partial charge on any atom is 0.235 e. The topological polar surface area (TPSA) is 71.4 Å². The molecule has 2 heterocycles. The molecule has 0 radical (unpaired) electrons. The van der Waals surface area contributed by atoms with Gasteiger partial charge >= 0.3 is 0 Å². The molecule has 4 rings (SSSR count). The number of ketones is 1. The van der Waals surface area contributed by atoms with Crippen LogP contribution in [0.5, 0.6) is 0 Å². The first kappa shape index (κ1) is 20.8. The summed E-state index contributed by atoms with van der Waals surface area (Å²) in [5.74, 6) is -0.972. The third-order valence-corrected chi connectivity index (χ3v) is 6.12. The van der Waals surface area contributed by atoms with Crippen molar-refractivity contribution in [3.05, 3.63) is 69.0 Å². The Hall–Kier alpha value is -2.50. The summed E-state index contributed by atoms with van der Waals surface area (Å²) in [5.41, 5.74) is 3.51. The quantitative estimate of drug-likeness (QED) is 0.681. The van der Waals surface area contributed by atoms with Crippen LogP contribution in [0, 0.1) is 12.8 Å². The number of aromatic nitrogens is 1. The summed E-state index contributed by atoms with van der Waals surface area (Å²) >= 11 is 12.6. The zero-order valence-electron chi connectivity index (χ0n) is 16.7. The van der Waals surface area contributed by atoms with Crippen molar-refractivity contribution in [2.75, 3.05) is 5.32 Å². The molecule has 5 nitrogen and oxygen atoms in total. The molecular formula is C23H21Cl2N3O2. The largest absolute Gasteiger partial charge is 0.310 e. The van der Waals surface area contributed by atoms with Crippen LogP contribution < -0.4 is 5.32 Å². The predicted molar refractivity (Wildman–Crippen MR) is 119 cm³/mol. The maximum absolute atomic E-state index is 13.4. The fourth-order valence-corrected chi connectivity index (χ4v) is 4.78. The predicted octanol–water partition coefficient (Wildman–Crippen LogP) is 5.52. The van der Waals surface area contributed by atoms with Gasteiger partial charge in [0, 0.05) is 45.1 Å². The van der Waals surface area contributed by atoms with Gasteiger partial charge in [0.25, 0.3) is 0 Å². The molecule has 2 aromatic rings. The van der Waals surface area contributed by atoms with E-state index in [0.29, 0.717) is 45.6 Å². The number of anilines is 1. The smallest absolute Gasteiger partial charge is 0.235 e. The van der Waals surface area contributed by atoms with Crippen molar-refractivity contribution >= 4 is 46.4 Å². The van der Waals surface area contributed by atoms with Gasteiger partial charge in [-0.15, -0.1) is 0 Å². The molecule has 1 unspecified atom stereocenters. The first-order valence-electron chi connectivity index (χ1n) is 9.86. The third kappa shape index (κ3) is 3.92. The molecule has 0 saturated heterocycles. The van der Waals surface area contributed by atoms with Gasteiger partial charge in [-0.05, 0) is 56.5 Å². The number of Topliss-reactive ketones (excluding diaryl/α,β-unsaturated/α-hetero) is 1. The fourth-order valence-electron chi connectivity index (χ4n) is 4.25. The molecule has 30 heavy (non-hydrogen) atoms. The number of aryl methyl sites for hydroxylation is 1. The van der Waals surface area contributed by atoms with Gasteiger partial charge in [-0.25, -0.2) is 4.98 Å². The maximum atomic E-state index is 13.4. The van der Waals surface area contributed by atoms with Gasteiger partial charge in [0.15, 0.2) is 5.78 Å². The van der Waals surface area contributed by atoms with E-state index in [1.165, 1.54) is 0 Å². The van der Waals surface area contributed by atoms with Gasteiger partial charge < -0.3 is 5.32 Å². The Morgan fingerprint density at radius 2 is 1.93 bits per heavy atom. The van der Waals surface area contributed by atoms with Crippen LogP contribution in [-0.2, 0) is 9.59 Å². The van der Waals surface area contributed by atoms with Gasteiger partial charge in [-0.1, -0.05) is 35.3 Å². The van der Waals surface area contributed by atoms with Crippen LogP contribution in [0.4, 0.5) is 5.82 Å². The first-order valence-corrected chi connectivity index (χ1v) is 10.6. The van der Waals surface area contributed by atoms with Crippen LogP contribution in [0.25, 0.3) is 0 Å². The molecule has 0 spiro atoms. The van der Waals surface area contributed by atoms with Gasteiger partial charge in [-0.3, -0.25) is 14.6 Å². The van der Waals surface area contributed by atoms with Crippen molar-refractivity contribution in [2.24, 2.45) is 10.9 Å². The lowest BCUT2D eigenvalue weighted by atomic mass is 9.71. The minimum absolute atomic E-state index is 0.0231. The number of nitrogens with one attached hydrogen (secondary N) is 1. The average Bonchev–Trinajstić information content (AvgIpc) is 2.67. The van der Waals surface area contributed by atoms with Crippen molar-refractivity contribution in [3.8, 4) is 0 Å². The Kier molecular flexibility index (Phi) is 5.76. The van der Waals surface area contributed by atoms with Crippen molar-refractivity contribution in [1.82, 2.24) is 4.98 Å². The SMILES string of the molecule is CC1=NC2=C(C(=O)CCC2)[C@@H](c2ccc(Cl)cc2Cl)C1C(=O)Nc1cccc(C)n1. The number of rotatable bonds is 3. The number of nitrogens with zero attached hydrogens (tertiary/aromatic N) is 2. The van der Waals surface area contributed by atoms with E-state index in [9.17, 15) is 9.59 Å². The molecule has 0 saturated carbocycles. The Bertz CT molecular complexity index is 1110. The van der Waals surface area contributed by atoms with Crippen LogP contribution >= 0.6 is 23.2 Å². The monoisotopic (exact) mass is 441 g/mol. The Morgan fingerprint density at radius 1 is 1.13 bits per heavy atom. The second-order valence-electron chi connectivity index (χ2n) is 7.66. The van der Waals surface area contributed by atoms with E-state index in [-0.39, 0.29) is 11.7 Å². The number of benzene rings is 1. The number of allylic oxidation sites excluding steroid dienone is 2. The summed E-state index contributed by atoms with van der Waals surface area (Å²) in [6, 6.07) is 10.6. The summed E-state index contributed by atoms with van der Waals surface area (Å²) in [6.07, 6.45) is 1.93. The number of hydrogen-bond donors (Lipinski definition) is 1. The normalized spacial score (nSPS) is 21.2.